The lowest BCUT2D eigenvalue weighted by molar-refractivity contribution is 0.399. The quantitative estimate of drug-likeness (QED) is 0.464. The van der Waals surface area contributed by atoms with Gasteiger partial charge in [-0.25, -0.2) is 12.8 Å². The summed E-state index contributed by atoms with van der Waals surface area (Å²) in [4.78, 5) is 15.7. The maximum absolute atomic E-state index is 13.5. The molecule has 0 spiro atoms. The molecule has 7 heteroatoms. The highest BCUT2D eigenvalue weighted by Crippen LogP contribution is 2.22. The van der Waals surface area contributed by atoms with Crippen molar-refractivity contribution in [2.75, 3.05) is 0 Å². The third-order valence-corrected chi connectivity index (χ3v) is 7.16. The van der Waals surface area contributed by atoms with Crippen molar-refractivity contribution in [1.29, 1.82) is 0 Å². The van der Waals surface area contributed by atoms with Crippen LogP contribution in [0.4, 0.5) is 4.39 Å². The van der Waals surface area contributed by atoms with Gasteiger partial charge in [0.25, 0.3) is 5.56 Å². The fourth-order valence-corrected chi connectivity index (χ4v) is 4.96. The molecule has 0 atom stereocenters. The van der Waals surface area contributed by atoms with Crippen LogP contribution < -0.4 is 5.56 Å². The van der Waals surface area contributed by atoms with Gasteiger partial charge in [-0.15, -0.1) is 0 Å². The number of hydrogen-bond acceptors (Lipinski definition) is 3. The van der Waals surface area contributed by atoms with Crippen LogP contribution >= 0.6 is 0 Å². The lowest BCUT2D eigenvalue weighted by Crippen LogP contribution is -2.32. The summed E-state index contributed by atoms with van der Waals surface area (Å²) in [6, 6.07) is 19.6. The first-order chi connectivity index (χ1) is 15.2. The number of rotatable bonds is 6. The highest BCUT2D eigenvalue weighted by molar-refractivity contribution is 7.89. The SMILES string of the molecule is Cc1ccc(S(=O)(=O)N(Cc2ccc(F)cc2)Cc2cc3cc(C)ccc3[nH]c2=O)cc1. The number of fused-ring (bicyclic) bond motifs is 1. The second-order valence-electron chi connectivity index (χ2n) is 7.93. The molecule has 1 aromatic heterocycles. The fourth-order valence-electron chi connectivity index (χ4n) is 3.56. The summed E-state index contributed by atoms with van der Waals surface area (Å²) in [5.41, 5.74) is 3.28. The lowest BCUT2D eigenvalue weighted by Gasteiger charge is -2.22. The van der Waals surface area contributed by atoms with Gasteiger partial charge >= 0.3 is 0 Å². The van der Waals surface area contributed by atoms with Crippen molar-refractivity contribution in [2.24, 2.45) is 0 Å². The molecule has 0 bridgehead atoms. The minimum atomic E-state index is -3.92. The number of sulfonamides is 1. The number of hydrogen-bond donors (Lipinski definition) is 1. The minimum absolute atomic E-state index is 0.00177. The molecule has 0 aliphatic carbocycles. The van der Waals surface area contributed by atoms with Crippen molar-refractivity contribution in [3.8, 4) is 0 Å². The molecule has 0 aliphatic rings. The van der Waals surface area contributed by atoms with Crippen molar-refractivity contribution < 1.29 is 12.8 Å². The average Bonchev–Trinajstić information content (AvgIpc) is 2.75. The van der Waals surface area contributed by atoms with Crippen LogP contribution in [0.3, 0.4) is 0 Å². The molecule has 1 heterocycles. The Kier molecular flexibility index (Phi) is 5.95. The Morgan fingerprint density at radius 1 is 0.844 bits per heavy atom. The van der Waals surface area contributed by atoms with Gasteiger partial charge in [-0.1, -0.05) is 41.5 Å². The van der Waals surface area contributed by atoms with Gasteiger partial charge < -0.3 is 4.98 Å². The van der Waals surface area contributed by atoms with Crippen LogP contribution in [0.5, 0.6) is 0 Å². The van der Waals surface area contributed by atoms with Gasteiger partial charge in [-0.05, 0) is 67.3 Å². The average molecular weight is 451 g/mol. The number of nitrogens with one attached hydrogen (secondary N) is 1. The summed E-state index contributed by atoms with van der Waals surface area (Å²) >= 11 is 0. The van der Waals surface area contributed by atoms with Crippen LogP contribution in [0.15, 0.2) is 82.5 Å². The monoisotopic (exact) mass is 450 g/mol. The summed E-state index contributed by atoms with van der Waals surface area (Å²) < 4.78 is 41.6. The lowest BCUT2D eigenvalue weighted by atomic mass is 10.1. The van der Waals surface area contributed by atoms with E-state index in [1.165, 1.54) is 16.4 Å². The van der Waals surface area contributed by atoms with E-state index in [1.807, 2.05) is 32.0 Å². The van der Waals surface area contributed by atoms with E-state index in [4.69, 9.17) is 0 Å². The van der Waals surface area contributed by atoms with E-state index >= 15 is 0 Å². The first kappa shape index (κ1) is 21.9. The van der Waals surface area contributed by atoms with Gasteiger partial charge in [0, 0.05) is 24.2 Å². The number of nitrogens with zero attached hydrogens (tertiary/aromatic N) is 1. The second kappa shape index (κ2) is 8.68. The Morgan fingerprint density at radius 3 is 2.19 bits per heavy atom. The first-order valence-corrected chi connectivity index (χ1v) is 11.6. The normalized spacial score (nSPS) is 11.9. The summed E-state index contributed by atoms with van der Waals surface area (Å²) in [6.07, 6.45) is 0. The molecule has 0 radical (unpaired) electrons. The third kappa shape index (κ3) is 4.64. The predicted molar refractivity (Wildman–Crippen MR) is 123 cm³/mol. The maximum Gasteiger partial charge on any atom is 0.252 e. The van der Waals surface area contributed by atoms with Crippen LogP contribution in [0.1, 0.15) is 22.3 Å². The van der Waals surface area contributed by atoms with Crippen molar-refractivity contribution in [3.05, 3.63) is 111 Å². The molecule has 0 aliphatic heterocycles. The number of H-pyrrole nitrogens is 1. The summed E-state index contributed by atoms with van der Waals surface area (Å²) in [7, 11) is -3.92. The predicted octanol–water partition coefficient (Wildman–Crippen LogP) is 4.68. The van der Waals surface area contributed by atoms with E-state index < -0.39 is 15.8 Å². The molecular formula is C25H23FN2O3S. The zero-order chi connectivity index (χ0) is 22.9. The molecule has 32 heavy (non-hydrogen) atoms. The van der Waals surface area contributed by atoms with Gasteiger partial charge in [0.2, 0.25) is 10.0 Å². The molecule has 0 unspecified atom stereocenters. The third-order valence-electron chi connectivity index (χ3n) is 5.35. The number of benzene rings is 3. The highest BCUT2D eigenvalue weighted by atomic mass is 32.2. The summed E-state index contributed by atoms with van der Waals surface area (Å²) in [6.45, 7) is 3.71. The summed E-state index contributed by atoms with van der Waals surface area (Å²) in [5.74, 6) is -0.400. The van der Waals surface area contributed by atoms with Gasteiger partial charge in [0.05, 0.1) is 4.90 Å². The molecule has 1 N–H and O–H groups in total. The largest absolute Gasteiger partial charge is 0.322 e. The standard InChI is InChI=1S/C25H23FN2O3S/c1-17-3-10-23(11-4-17)32(30,31)28(15-19-6-8-22(26)9-7-19)16-21-14-20-13-18(2)5-12-24(20)27-25(21)29/h3-14H,15-16H2,1-2H3,(H,27,29). The van der Waals surface area contributed by atoms with Crippen LogP contribution in [-0.4, -0.2) is 17.7 Å². The van der Waals surface area contributed by atoms with E-state index in [0.717, 1.165) is 16.5 Å². The smallest absolute Gasteiger partial charge is 0.252 e. The minimum Gasteiger partial charge on any atom is -0.322 e. The molecule has 0 fully saturated rings. The topological polar surface area (TPSA) is 70.2 Å². The van der Waals surface area contributed by atoms with Gasteiger partial charge in [0.15, 0.2) is 0 Å². The Hall–Kier alpha value is -3.29. The Bertz CT molecular complexity index is 1430. The molecule has 164 valence electrons. The zero-order valence-corrected chi connectivity index (χ0v) is 18.6. The number of aryl methyl sites for hydroxylation is 2. The molecule has 0 saturated heterocycles. The van der Waals surface area contributed by atoms with Crippen LogP contribution in [-0.2, 0) is 23.1 Å². The van der Waals surface area contributed by atoms with Gasteiger partial charge in [-0.3, -0.25) is 4.79 Å². The molecule has 5 nitrogen and oxygen atoms in total. The van der Waals surface area contributed by atoms with Gasteiger partial charge in [-0.2, -0.15) is 4.31 Å². The Labute approximate surface area is 186 Å². The Morgan fingerprint density at radius 2 is 1.50 bits per heavy atom. The van der Waals surface area contributed by atoms with Crippen molar-refractivity contribution >= 4 is 20.9 Å². The van der Waals surface area contributed by atoms with Crippen LogP contribution in [0, 0.1) is 19.7 Å². The molecule has 4 aromatic rings. The van der Waals surface area contributed by atoms with E-state index in [-0.39, 0.29) is 23.5 Å². The van der Waals surface area contributed by atoms with Crippen LogP contribution in [0.25, 0.3) is 10.9 Å². The van der Waals surface area contributed by atoms with E-state index in [2.05, 4.69) is 4.98 Å². The molecule has 0 saturated carbocycles. The van der Waals surface area contributed by atoms with Crippen LogP contribution in [0.2, 0.25) is 0 Å². The molecule has 3 aromatic carbocycles. The van der Waals surface area contributed by atoms with Crippen molar-refractivity contribution in [1.82, 2.24) is 9.29 Å². The van der Waals surface area contributed by atoms with E-state index in [0.29, 0.717) is 16.6 Å². The number of pyridine rings is 1. The number of aromatic amines is 1. The first-order valence-electron chi connectivity index (χ1n) is 10.2. The number of aromatic nitrogens is 1. The van der Waals surface area contributed by atoms with E-state index in [1.54, 1.807) is 42.5 Å². The Balaban J connectivity index is 1.77. The molecule has 4 rings (SSSR count). The highest BCUT2D eigenvalue weighted by Gasteiger charge is 2.26. The van der Waals surface area contributed by atoms with Crippen molar-refractivity contribution in [3.63, 3.8) is 0 Å². The molecule has 0 amide bonds. The zero-order valence-electron chi connectivity index (χ0n) is 17.8. The fraction of sp³-hybridized carbons (Fsp3) is 0.160. The maximum atomic E-state index is 13.5. The van der Waals surface area contributed by atoms with E-state index in [9.17, 15) is 17.6 Å². The molecular weight excluding hydrogens is 427 g/mol. The van der Waals surface area contributed by atoms with Crippen molar-refractivity contribution in [2.45, 2.75) is 31.8 Å². The summed E-state index contributed by atoms with van der Waals surface area (Å²) in [5, 5.41) is 0.828. The van der Waals surface area contributed by atoms with Gasteiger partial charge in [0.1, 0.15) is 5.82 Å². The number of halogens is 1. The second-order valence-corrected chi connectivity index (χ2v) is 9.86.